The van der Waals surface area contributed by atoms with Gasteiger partial charge in [-0.05, 0) is 66.2 Å². The van der Waals surface area contributed by atoms with E-state index in [-0.39, 0.29) is 24.4 Å². The van der Waals surface area contributed by atoms with Crippen LogP contribution >= 0.6 is 0 Å². The molecule has 200 valence electrons. The van der Waals surface area contributed by atoms with Gasteiger partial charge < -0.3 is 25.2 Å². The monoisotopic (exact) mass is 508 g/mol. The predicted octanol–water partition coefficient (Wildman–Crippen LogP) is 4.28. The largest absolute Gasteiger partial charge is 0.444 e. The summed E-state index contributed by atoms with van der Waals surface area (Å²) in [5.41, 5.74) is 1.94. The highest BCUT2D eigenvalue weighted by atomic mass is 16.6. The van der Waals surface area contributed by atoms with E-state index in [1.165, 1.54) is 0 Å². The molecule has 2 unspecified atom stereocenters. The third-order valence-electron chi connectivity index (χ3n) is 6.11. The van der Waals surface area contributed by atoms with E-state index in [9.17, 15) is 14.4 Å². The van der Waals surface area contributed by atoms with Crippen molar-refractivity contribution in [2.24, 2.45) is 0 Å². The lowest BCUT2D eigenvalue weighted by atomic mass is 10.0. The molecule has 1 aliphatic heterocycles. The number of amides is 3. The molecule has 2 N–H and O–H groups in total. The van der Waals surface area contributed by atoms with Crippen molar-refractivity contribution in [2.45, 2.75) is 84.7 Å². The van der Waals surface area contributed by atoms with E-state index in [0.29, 0.717) is 6.54 Å². The first-order chi connectivity index (χ1) is 17.4. The number of benzene rings is 2. The van der Waals surface area contributed by atoms with Gasteiger partial charge in [-0.25, -0.2) is 4.79 Å². The first-order valence-corrected chi connectivity index (χ1v) is 12.9. The number of carbonyl (C=O) groups excluding carboxylic acids is 3. The highest BCUT2D eigenvalue weighted by Gasteiger charge is 2.38. The maximum atomic E-state index is 13.8. The van der Waals surface area contributed by atoms with E-state index in [1.54, 1.807) is 25.7 Å². The summed E-state index contributed by atoms with van der Waals surface area (Å²) in [5, 5.41) is 5.67. The van der Waals surface area contributed by atoms with Crippen LogP contribution in [0.5, 0.6) is 0 Å². The zero-order valence-corrected chi connectivity index (χ0v) is 22.9. The molecule has 3 rings (SSSR count). The molecule has 37 heavy (non-hydrogen) atoms. The van der Waals surface area contributed by atoms with Crippen molar-refractivity contribution < 1.29 is 19.1 Å². The van der Waals surface area contributed by atoms with E-state index in [0.717, 1.165) is 16.9 Å². The van der Waals surface area contributed by atoms with Gasteiger partial charge in [-0.3, -0.25) is 9.59 Å². The summed E-state index contributed by atoms with van der Waals surface area (Å²) in [5.74, 6) is -0.624. The number of para-hydroxylation sites is 2. The molecule has 2 aromatic carbocycles. The van der Waals surface area contributed by atoms with E-state index in [2.05, 4.69) is 29.4 Å². The van der Waals surface area contributed by atoms with Crippen LogP contribution in [0.4, 0.5) is 16.2 Å². The van der Waals surface area contributed by atoms with Gasteiger partial charge in [-0.1, -0.05) is 42.5 Å². The highest BCUT2D eigenvalue weighted by molar-refractivity contribution is 6.04. The SMILES string of the molecule is CC(C)N1CC(NC(=O)C(Cc2ccccc2)NC(=O)OC(C)(C)C)C(=O)N(C(C)C)c2ccccc21. The number of carbonyl (C=O) groups is 3. The molecule has 8 heteroatoms. The lowest BCUT2D eigenvalue weighted by molar-refractivity contribution is -0.128. The Bertz CT molecular complexity index is 1090. The Morgan fingerprint density at radius 2 is 1.54 bits per heavy atom. The van der Waals surface area contributed by atoms with Gasteiger partial charge in [0.2, 0.25) is 5.91 Å². The lowest BCUT2D eigenvalue weighted by Crippen LogP contribution is -2.58. The van der Waals surface area contributed by atoms with Gasteiger partial charge in [0.25, 0.3) is 5.91 Å². The minimum absolute atomic E-state index is 0.0977. The van der Waals surface area contributed by atoms with Crippen molar-refractivity contribution >= 4 is 29.3 Å². The molecule has 0 aromatic heterocycles. The van der Waals surface area contributed by atoms with Gasteiger partial charge in [-0.15, -0.1) is 0 Å². The molecule has 0 radical (unpaired) electrons. The minimum atomic E-state index is -0.921. The van der Waals surface area contributed by atoms with E-state index < -0.39 is 29.7 Å². The quantitative estimate of drug-likeness (QED) is 0.583. The van der Waals surface area contributed by atoms with Crippen molar-refractivity contribution in [2.75, 3.05) is 16.3 Å². The fourth-order valence-corrected chi connectivity index (χ4v) is 4.48. The van der Waals surface area contributed by atoms with Crippen LogP contribution in [-0.4, -0.2) is 54.2 Å². The van der Waals surface area contributed by atoms with Gasteiger partial charge in [0.1, 0.15) is 17.7 Å². The van der Waals surface area contributed by atoms with Gasteiger partial charge in [0.15, 0.2) is 0 Å². The number of nitrogens with zero attached hydrogens (tertiary/aromatic N) is 2. The normalized spacial score (nSPS) is 16.8. The molecular weight excluding hydrogens is 468 g/mol. The molecule has 2 atom stereocenters. The lowest BCUT2D eigenvalue weighted by Gasteiger charge is -2.31. The fraction of sp³-hybridized carbons (Fsp3) is 0.483. The van der Waals surface area contributed by atoms with Crippen LogP contribution in [0.3, 0.4) is 0 Å². The van der Waals surface area contributed by atoms with Crippen molar-refractivity contribution in [3.8, 4) is 0 Å². The Morgan fingerprint density at radius 1 is 0.946 bits per heavy atom. The van der Waals surface area contributed by atoms with Crippen LogP contribution in [0.15, 0.2) is 54.6 Å². The van der Waals surface area contributed by atoms with Crippen molar-refractivity contribution in [1.29, 1.82) is 0 Å². The van der Waals surface area contributed by atoms with Crippen LogP contribution in [-0.2, 0) is 20.7 Å². The third kappa shape index (κ3) is 7.24. The zero-order valence-electron chi connectivity index (χ0n) is 22.9. The molecule has 0 aliphatic carbocycles. The molecule has 0 saturated heterocycles. The fourth-order valence-electron chi connectivity index (χ4n) is 4.48. The second kappa shape index (κ2) is 11.7. The summed E-state index contributed by atoms with van der Waals surface area (Å²) in [4.78, 5) is 43.9. The summed E-state index contributed by atoms with van der Waals surface area (Å²) >= 11 is 0. The second-order valence-electron chi connectivity index (χ2n) is 11.0. The van der Waals surface area contributed by atoms with Crippen LogP contribution in [0.1, 0.15) is 54.0 Å². The number of anilines is 2. The average Bonchev–Trinajstić information content (AvgIpc) is 2.92. The summed E-state index contributed by atoms with van der Waals surface area (Å²) in [6, 6.07) is 15.5. The van der Waals surface area contributed by atoms with Gasteiger partial charge in [-0.2, -0.15) is 0 Å². The van der Waals surface area contributed by atoms with Gasteiger partial charge in [0.05, 0.1) is 11.4 Å². The number of rotatable bonds is 7. The molecule has 0 saturated carbocycles. The molecule has 0 spiro atoms. The van der Waals surface area contributed by atoms with Gasteiger partial charge >= 0.3 is 6.09 Å². The second-order valence-corrected chi connectivity index (χ2v) is 11.0. The Kier molecular flexibility index (Phi) is 8.84. The van der Waals surface area contributed by atoms with Crippen molar-refractivity contribution in [1.82, 2.24) is 10.6 Å². The first kappa shape index (κ1) is 28.0. The number of nitrogens with one attached hydrogen (secondary N) is 2. The molecular formula is C29H40N4O4. The molecule has 2 aromatic rings. The molecule has 3 amide bonds. The smallest absolute Gasteiger partial charge is 0.408 e. The number of fused-ring (bicyclic) bond motifs is 1. The third-order valence-corrected chi connectivity index (χ3v) is 6.11. The van der Waals surface area contributed by atoms with Crippen LogP contribution in [0, 0.1) is 0 Å². The van der Waals surface area contributed by atoms with Crippen molar-refractivity contribution in [3.63, 3.8) is 0 Å². The molecule has 0 fully saturated rings. The number of hydrogen-bond acceptors (Lipinski definition) is 5. The van der Waals surface area contributed by atoms with E-state index in [1.807, 2.05) is 68.4 Å². The number of alkyl carbamates (subject to hydrolysis) is 1. The Hall–Kier alpha value is -3.55. The number of ether oxygens (including phenoxy) is 1. The maximum absolute atomic E-state index is 13.8. The summed E-state index contributed by atoms with van der Waals surface area (Å²) < 4.78 is 5.41. The Labute approximate surface area is 220 Å². The van der Waals surface area contributed by atoms with Gasteiger partial charge in [0, 0.05) is 25.0 Å². The van der Waals surface area contributed by atoms with E-state index >= 15 is 0 Å². The minimum Gasteiger partial charge on any atom is -0.444 e. The topological polar surface area (TPSA) is 91.0 Å². The average molecular weight is 509 g/mol. The maximum Gasteiger partial charge on any atom is 0.408 e. The first-order valence-electron chi connectivity index (χ1n) is 12.9. The highest BCUT2D eigenvalue weighted by Crippen LogP contribution is 2.35. The zero-order chi connectivity index (χ0) is 27.3. The van der Waals surface area contributed by atoms with Crippen LogP contribution < -0.4 is 20.4 Å². The predicted molar refractivity (Wildman–Crippen MR) is 147 cm³/mol. The Morgan fingerprint density at radius 3 is 2.11 bits per heavy atom. The van der Waals surface area contributed by atoms with Crippen molar-refractivity contribution in [3.05, 3.63) is 60.2 Å². The standard InChI is InChI=1S/C29H40N4O4/c1-19(2)32-18-23(27(35)33(20(3)4)25-16-12-11-15-24(25)32)30-26(34)22(17-21-13-9-8-10-14-21)31-28(36)37-29(5,6)7/h8-16,19-20,22-23H,17-18H2,1-7H3,(H,30,34)(H,31,36). The van der Waals surface area contributed by atoms with Crippen LogP contribution in [0.25, 0.3) is 0 Å². The summed E-state index contributed by atoms with van der Waals surface area (Å²) in [7, 11) is 0. The molecule has 8 nitrogen and oxygen atoms in total. The molecule has 1 heterocycles. The summed E-state index contributed by atoms with van der Waals surface area (Å²) in [6.45, 7) is 13.7. The van der Waals surface area contributed by atoms with Crippen LogP contribution in [0.2, 0.25) is 0 Å². The Balaban J connectivity index is 1.90. The summed E-state index contributed by atoms with van der Waals surface area (Å²) in [6.07, 6.45) is -0.426. The molecule has 1 aliphatic rings. The van der Waals surface area contributed by atoms with E-state index in [4.69, 9.17) is 4.74 Å². The molecule has 0 bridgehead atoms. The number of hydrogen-bond donors (Lipinski definition) is 2.